The lowest BCUT2D eigenvalue weighted by Gasteiger charge is -2.22. The fraction of sp³-hybridized carbons (Fsp3) is 0.409. The van der Waals surface area contributed by atoms with Crippen molar-refractivity contribution >= 4 is 5.91 Å². The molecule has 1 N–H and O–H groups in total. The summed E-state index contributed by atoms with van der Waals surface area (Å²) < 4.78 is 10.9. The number of ether oxygens (including phenoxy) is 2. The summed E-state index contributed by atoms with van der Waals surface area (Å²) in [6.07, 6.45) is 4.25. The maximum absolute atomic E-state index is 12.5. The van der Waals surface area contributed by atoms with Crippen LogP contribution >= 0.6 is 0 Å². The van der Waals surface area contributed by atoms with Crippen LogP contribution in [0.1, 0.15) is 49.4 Å². The maximum atomic E-state index is 12.5. The lowest BCUT2D eigenvalue weighted by Crippen LogP contribution is -2.37. The molecule has 0 fully saturated rings. The third kappa shape index (κ3) is 4.37. The Kier molecular flexibility index (Phi) is 5.82. The number of hydrogen-bond acceptors (Lipinski definition) is 3. The smallest absolute Gasteiger partial charge is 0.261 e. The van der Waals surface area contributed by atoms with E-state index in [0.29, 0.717) is 11.5 Å². The van der Waals surface area contributed by atoms with Gasteiger partial charge in [-0.15, -0.1) is 0 Å². The Morgan fingerprint density at radius 3 is 2.50 bits per heavy atom. The zero-order valence-electron chi connectivity index (χ0n) is 15.7. The molecule has 0 saturated carbocycles. The van der Waals surface area contributed by atoms with Crippen LogP contribution in [0.3, 0.4) is 0 Å². The zero-order valence-corrected chi connectivity index (χ0v) is 15.7. The highest BCUT2D eigenvalue weighted by atomic mass is 16.5. The summed E-state index contributed by atoms with van der Waals surface area (Å²) in [5.41, 5.74) is 4.02. The van der Waals surface area contributed by atoms with Crippen LogP contribution in [-0.4, -0.2) is 19.1 Å². The molecular formula is C22H27NO3. The average molecular weight is 353 g/mol. The van der Waals surface area contributed by atoms with Gasteiger partial charge < -0.3 is 14.8 Å². The van der Waals surface area contributed by atoms with E-state index in [1.807, 2.05) is 25.1 Å². The van der Waals surface area contributed by atoms with Gasteiger partial charge >= 0.3 is 0 Å². The van der Waals surface area contributed by atoms with Gasteiger partial charge in [-0.25, -0.2) is 0 Å². The Balaban J connectivity index is 1.61. The topological polar surface area (TPSA) is 47.6 Å². The molecule has 2 atom stereocenters. The van der Waals surface area contributed by atoms with Crippen LogP contribution in [0.5, 0.6) is 11.5 Å². The van der Waals surface area contributed by atoms with Crippen molar-refractivity contribution in [1.29, 1.82) is 0 Å². The third-order valence-corrected chi connectivity index (χ3v) is 4.95. The molecule has 0 aromatic heterocycles. The van der Waals surface area contributed by atoms with Gasteiger partial charge in [-0.3, -0.25) is 4.79 Å². The molecule has 0 radical (unpaired) electrons. The maximum Gasteiger partial charge on any atom is 0.261 e. The summed E-state index contributed by atoms with van der Waals surface area (Å²) in [7, 11) is 1.61. The lowest BCUT2D eigenvalue weighted by atomic mass is 9.89. The first-order chi connectivity index (χ1) is 12.6. The second-order valence-electron chi connectivity index (χ2n) is 6.90. The largest absolute Gasteiger partial charge is 0.497 e. The summed E-state index contributed by atoms with van der Waals surface area (Å²) >= 11 is 0. The first kappa shape index (κ1) is 18.3. The van der Waals surface area contributed by atoms with Crippen LogP contribution in [0.25, 0.3) is 0 Å². The van der Waals surface area contributed by atoms with E-state index in [9.17, 15) is 4.79 Å². The van der Waals surface area contributed by atoms with Gasteiger partial charge in [0.1, 0.15) is 11.5 Å². The van der Waals surface area contributed by atoms with Gasteiger partial charge in [0.05, 0.1) is 13.2 Å². The van der Waals surface area contributed by atoms with Gasteiger partial charge in [0.25, 0.3) is 5.91 Å². The average Bonchev–Trinajstić information content (AvgIpc) is 2.67. The molecule has 1 aliphatic carbocycles. The van der Waals surface area contributed by atoms with Crippen molar-refractivity contribution in [1.82, 2.24) is 5.32 Å². The number of rotatable bonds is 6. The molecule has 0 aliphatic heterocycles. The molecule has 0 bridgehead atoms. The van der Waals surface area contributed by atoms with Crippen LogP contribution in [0.4, 0.5) is 0 Å². The van der Waals surface area contributed by atoms with Gasteiger partial charge in [0.15, 0.2) is 6.10 Å². The molecule has 2 aromatic carbocycles. The number of aryl methyl sites for hydroxylation is 2. The summed E-state index contributed by atoms with van der Waals surface area (Å²) in [6, 6.07) is 13.8. The van der Waals surface area contributed by atoms with Crippen LogP contribution < -0.4 is 14.8 Å². The highest BCUT2D eigenvalue weighted by molar-refractivity contribution is 5.81. The Bertz CT molecular complexity index is 772. The summed E-state index contributed by atoms with van der Waals surface area (Å²) in [4.78, 5) is 12.5. The van der Waals surface area contributed by atoms with E-state index in [4.69, 9.17) is 9.47 Å². The van der Waals surface area contributed by atoms with Crippen LogP contribution in [0.15, 0.2) is 42.5 Å². The summed E-state index contributed by atoms with van der Waals surface area (Å²) in [5, 5.41) is 3.06. The molecule has 26 heavy (non-hydrogen) atoms. The van der Waals surface area contributed by atoms with Gasteiger partial charge in [-0.05, 0) is 68.4 Å². The first-order valence-electron chi connectivity index (χ1n) is 9.29. The van der Waals surface area contributed by atoms with E-state index >= 15 is 0 Å². The van der Waals surface area contributed by atoms with E-state index in [1.165, 1.54) is 30.4 Å². The quantitative estimate of drug-likeness (QED) is 0.846. The van der Waals surface area contributed by atoms with Crippen molar-refractivity contribution in [3.63, 3.8) is 0 Å². The molecule has 0 unspecified atom stereocenters. The van der Waals surface area contributed by atoms with Crippen LogP contribution in [0.2, 0.25) is 0 Å². The fourth-order valence-corrected chi connectivity index (χ4v) is 3.37. The molecule has 4 heteroatoms. The van der Waals surface area contributed by atoms with E-state index < -0.39 is 6.10 Å². The Hall–Kier alpha value is -2.49. The minimum Gasteiger partial charge on any atom is -0.497 e. The zero-order chi connectivity index (χ0) is 18.5. The second-order valence-corrected chi connectivity index (χ2v) is 6.90. The molecule has 138 valence electrons. The van der Waals surface area contributed by atoms with Crippen molar-refractivity contribution in [3.8, 4) is 11.5 Å². The summed E-state index contributed by atoms with van der Waals surface area (Å²) in [5.74, 6) is 1.20. The Morgan fingerprint density at radius 1 is 1.00 bits per heavy atom. The molecule has 1 amide bonds. The fourth-order valence-electron chi connectivity index (χ4n) is 3.37. The number of nitrogens with one attached hydrogen (secondary N) is 1. The van der Waals surface area contributed by atoms with Crippen LogP contribution in [-0.2, 0) is 17.6 Å². The number of benzene rings is 2. The monoisotopic (exact) mass is 353 g/mol. The number of fused-ring (bicyclic) bond motifs is 1. The highest BCUT2D eigenvalue weighted by Gasteiger charge is 2.19. The molecule has 4 nitrogen and oxygen atoms in total. The lowest BCUT2D eigenvalue weighted by molar-refractivity contribution is -0.127. The van der Waals surface area contributed by atoms with E-state index in [1.54, 1.807) is 20.1 Å². The minimum absolute atomic E-state index is 0.0499. The van der Waals surface area contributed by atoms with E-state index in [-0.39, 0.29) is 11.9 Å². The van der Waals surface area contributed by atoms with Crippen molar-refractivity contribution in [2.24, 2.45) is 0 Å². The van der Waals surface area contributed by atoms with Crippen molar-refractivity contribution in [2.75, 3.05) is 7.11 Å². The SMILES string of the molecule is COc1cccc(O[C@@H](C)C(=O)N[C@H](C)c2ccc3c(c2)CCCC3)c1. The van der Waals surface area contributed by atoms with Crippen LogP contribution in [0, 0.1) is 0 Å². The van der Waals surface area contributed by atoms with Gasteiger partial charge in [-0.1, -0.05) is 24.3 Å². The number of methoxy groups -OCH3 is 1. The predicted molar refractivity (Wildman–Crippen MR) is 103 cm³/mol. The molecule has 3 rings (SSSR count). The number of carbonyl (C=O) groups excluding carboxylic acids is 1. The minimum atomic E-state index is -0.581. The molecule has 0 saturated heterocycles. The third-order valence-electron chi connectivity index (χ3n) is 4.95. The van der Waals surface area contributed by atoms with Gasteiger partial charge in [0.2, 0.25) is 0 Å². The molecule has 2 aromatic rings. The van der Waals surface area contributed by atoms with Crippen molar-refractivity contribution in [3.05, 3.63) is 59.2 Å². The molecule has 0 heterocycles. The van der Waals surface area contributed by atoms with Crippen molar-refractivity contribution in [2.45, 2.75) is 51.7 Å². The molecule has 0 spiro atoms. The summed E-state index contributed by atoms with van der Waals surface area (Å²) in [6.45, 7) is 3.77. The van der Waals surface area contributed by atoms with Crippen molar-refractivity contribution < 1.29 is 14.3 Å². The number of carbonyl (C=O) groups is 1. The molecule has 1 aliphatic rings. The second kappa shape index (κ2) is 8.26. The highest BCUT2D eigenvalue weighted by Crippen LogP contribution is 2.25. The number of amides is 1. The Labute approximate surface area is 155 Å². The van der Waals surface area contributed by atoms with E-state index in [0.717, 1.165) is 12.0 Å². The molecular weight excluding hydrogens is 326 g/mol. The normalized spacial score (nSPS) is 15.5. The van der Waals surface area contributed by atoms with Gasteiger partial charge in [-0.2, -0.15) is 0 Å². The predicted octanol–water partition coefficient (Wildman–Crippen LogP) is 4.22. The number of hydrogen-bond donors (Lipinski definition) is 1. The standard InChI is InChI=1S/C22H27NO3/c1-15(18-12-11-17-7-4-5-8-19(17)13-18)23-22(24)16(2)26-21-10-6-9-20(14-21)25-3/h6,9-16H,4-5,7-8H2,1-3H3,(H,23,24)/t15-,16+/m1/s1. The van der Waals surface area contributed by atoms with Gasteiger partial charge in [0, 0.05) is 6.07 Å². The first-order valence-corrected chi connectivity index (χ1v) is 9.29. The Morgan fingerprint density at radius 2 is 1.73 bits per heavy atom. The van der Waals surface area contributed by atoms with E-state index in [2.05, 4.69) is 23.5 Å².